The number of nitrogens with zero attached hydrogens (tertiary/aromatic N) is 3. The third kappa shape index (κ3) is 4.55. The second-order valence-electron chi connectivity index (χ2n) is 6.61. The summed E-state index contributed by atoms with van der Waals surface area (Å²) >= 11 is 5.93. The molecule has 2 aromatic carbocycles. The third-order valence-electron chi connectivity index (χ3n) is 4.47. The number of hydrogen-bond acceptors (Lipinski definition) is 4. The number of hydrogen-bond donors (Lipinski definition) is 1. The van der Waals surface area contributed by atoms with Crippen molar-refractivity contribution < 1.29 is 9.21 Å². The smallest absolute Gasteiger partial charge is 0.231 e. The summed E-state index contributed by atoms with van der Waals surface area (Å²) < 4.78 is 7.46. The first-order valence-corrected chi connectivity index (χ1v) is 9.54. The van der Waals surface area contributed by atoms with E-state index < -0.39 is 0 Å². The van der Waals surface area contributed by atoms with E-state index in [1.54, 1.807) is 16.9 Å². The highest BCUT2D eigenvalue weighted by molar-refractivity contribution is 6.30. The molecule has 2 heterocycles. The van der Waals surface area contributed by atoms with Gasteiger partial charge in [-0.3, -0.25) is 4.79 Å². The van der Waals surface area contributed by atoms with Crippen molar-refractivity contribution in [3.05, 3.63) is 88.9 Å². The summed E-state index contributed by atoms with van der Waals surface area (Å²) in [5, 5.41) is 7.87. The van der Waals surface area contributed by atoms with E-state index in [2.05, 4.69) is 15.4 Å². The maximum absolute atomic E-state index is 12.6. The summed E-state index contributed by atoms with van der Waals surface area (Å²) in [4.78, 5) is 17.1. The van der Waals surface area contributed by atoms with Crippen LogP contribution in [0, 0.1) is 6.92 Å². The van der Waals surface area contributed by atoms with Crippen molar-refractivity contribution in [1.82, 2.24) is 14.8 Å². The van der Waals surface area contributed by atoms with Crippen LogP contribution in [-0.2, 0) is 17.8 Å². The Labute approximate surface area is 173 Å². The topological polar surface area (TPSA) is 73.0 Å². The standard InChI is InChI=1S/C22H19ClN4O2/c1-15-19(25-22(29-15)17-5-3-2-4-6-17)13-21(28)26-20-11-12-24-27(20)14-16-7-9-18(23)10-8-16/h2-12H,13-14H2,1H3,(H,26,28). The van der Waals surface area contributed by atoms with Gasteiger partial charge in [-0.25, -0.2) is 9.67 Å². The van der Waals surface area contributed by atoms with E-state index in [9.17, 15) is 4.79 Å². The van der Waals surface area contributed by atoms with Crippen LogP contribution in [0.5, 0.6) is 0 Å². The average molecular weight is 407 g/mol. The Balaban J connectivity index is 1.44. The molecule has 4 aromatic rings. The Bertz CT molecular complexity index is 1120. The highest BCUT2D eigenvalue weighted by atomic mass is 35.5. The maximum Gasteiger partial charge on any atom is 0.231 e. The zero-order valence-electron chi connectivity index (χ0n) is 15.8. The van der Waals surface area contributed by atoms with E-state index in [1.165, 1.54) is 0 Å². The number of rotatable bonds is 6. The van der Waals surface area contributed by atoms with E-state index in [-0.39, 0.29) is 12.3 Å². The molecular weight excluding hydrogens is 388 g/mol. The number of halogens is 1. The molecule has 7 heteroatoms. The molecule has 0 spiro atoms. The Morgan fingerprint density at radius 2 is 1.86 bits per heavy atom. The highest BCUT2D eigenvalue weighted by Gasteiger charge is 2.16. The number of aromatic nitrogens is 3. The predicted octanol–water partition coefficient (Wildman–Crippen LogP) is 4.73. The molecule has 0 aliphatic carbocycles. The van der Waals surface area contributed by atoms with Gasteiger partial charge >= 0.3 is 0 Å². The molecule has 4 rings (SSSR count). The molecule has 0 saturated carbocycles. The molecule has 0 aliphatic heterocycles. The lowest BCUT2D eigenvalue weighted by Gasteiger charge is -2.09. The van der Waals surface area contributed by atoms with E-state index in [4.69, 9.17) is 16.0 Å². The van der Waals surface area contributed by atoms with E-state index >= 15 is 0 Å². The van der Waals surface area contributed by atoms with Crippen LogP contribution in [0.4, 0.5) is 5.82 Å². The number of carbonyl (C=O) groups excluding carboxylic acids is 1. The minimum Gasteiger partial charge on any atom is -0.441 e. The second kappa shape index (κ2) is 8.32. The molecule has 0 bridgehead atoms. The van der Waals surface area contributed by atoms with E-state index in [0.29, 0.717) is 34.7 Å². The fraction of sp³-hybridized carbons (Fsp3) is 0.136. The Kier molecular flexibility index (Phi) is 5.44. The van der Waals surface area contributed by atoms with E-state index in [0.717, 1.165) is 11.1 Å². The fourth-order valence-corrected chi connectivity index (χ4v) is 3.09. The zero-order valence-corrected chi connectivity index (χ0v) is 16.6. The van der Waals surface area contributed by atoms with Gasteiger partial charge in [-0.1, -0.05) is 41.9 Å². The number of benzene rings is 2. The number of amides is 1. The summed E-state index contributed by atoms with van der Waals surface area (Å²) in [5.74, 6) is 1.58. The molecule has 29 heavy (non-hydrogen) atoms. The number of nitrogens with one attached hydrogen (secondary N) is 1. The van der Waals surface area contributed by atoms with Gasteiger partial charge in [0.2, 0.25) is 11.8 Å². The Morgan fingerprint density at radius 1 is 1.10 bits per heavy atom. The molecule has 1 amide bonds. The Hall–Kier alpha value is -3.38. The third-order valence-corrected chi connectivity index (χ3v) is 4.72. The number of oxazole rings is 1. The Morgan fingerprint density at radius 3 is 2.62 bits per heavy atom. The van der Waals surface area contributed by atoms with Crippen molar-refractivity contribution in [2.75, 3.05) is 5.32 Å². The molecule has 1 N–H and O–H groups in total. The van der Waals surface area contributed by atoms with Gasteiger partial charge in [0.05, 0.1) is 24.9 Å². The molecule has 0 atom stereocenters. The van der Waals surface area contributed by atoms with Crippen LogP contribution in [-0.4, -0.2) is 20.7 Å². The van der Waals surface area contributed by atoms with Gasteiger partial charge in [-0.15, -0.1) is 0 Å². The van der Waals surface area contributed by atoms with Crippen molar-refractivity contribution in [1.29, 1.82) is 0 Å². The number of carbonyl (C=O) groups is 1. The summed E-state index contributed by atoms with van der Waals surface area (Å²) in [5.41, 5.74) is 2.53. The van der Waals surface area contributed by atoms with Crippen LogP contribution < -0.4 is 5.32 Å². The van der Waals surface area contributed by atoms with Gasteiger partial charge in [-0.2, -0.15) is 5.10 Å². The predicted molar refractivity (Wildman–Crippen MR) is 112 cm³/mol. The largest absolute Gasteiger partial charge is 0.441 e. The summed E-state index contributed by atoms with van der Waals surface area (Å²) in [6.07, 6.45) is 1.77. The SMILES string of the molecule is Cc1oc(-c2ccccc2)nc1CC(=O)Nc1ccnn1Cc1ccc(Cl)cc1. The summed E-state index contributed by atoms with van der Waals surface area (Å²) in [6.45, 7) is 2.34. The van der Waals surface area contributed by atoms with Gasteiger partial charge in [0.15, 0.2) is 0 Å². The minimum atomic E-state index is -0.182. The lowest BCUT2D eigenvalue weighted by molar-refractivity contribution is -0.115. The lowest BCUT2D eigenvalue weighted by atomic mass is 10.2. The maximum atomic E-state index is 12.6. The summed E-state index contributed by atoms with van der Waals surface area (Å²) in [6, 6.07) is 18.9. The zero-order chi connectivity index (χ0) is 20.2. The van der Waals surface area contributed by atoms with Crippen LogP contribution in [0.1, 0.15) is 17.0 Å². The van der Waals surface area contributed by atoms with Crippen molar-refractivity contribution in [3.63, 3.8) is 0 Å². The highest BCUT2D eigenvalue weighted by Crippen LogP contribution is 2.22. The normalized spacial score (nSPS) is 10.8. The van der Waals surface area contributed by atoms with Crippen molar-refractivity contribution >= 4 is 23.3 Å². The molecule has 2 aromatic heterocycles. The monoisotopic (exact) mass is 406 g/mol. The molecular formula is C22H19ClN4O2. The second-order valence-corrected chi connectivity index (χ2v) is 7.05. The van der Waals surface area contributed by atoms with Gasteiger partial charge < -0.3 is 9.73 Å². The first-order valence-electron chi connectivity index (χ1n) is 9.16. The van der Waals surface area contributed by atoms with Gasteiger partial charge in [-0.05, 0) is 36.8 Å². The first-order chi connectivity index (χ1) is 14.1. The van der Waals surface area contributed by atoms with Gasteiger partial charge in [0.1, 0.15) is 11.6 Å². The lowest BCUT2D eigenvalue weighted by Crippen LogP contribution is -2.18. The van der Waals surface area contributed by atoms with Crippen LogP contribution >= 0.6 is 11.6 Å². The molecule has 0 aliphatic rings. The molecule has 6 nitrogen and oxygen atoms in total. The van der Waals surface area contributed by atoms with Crippen molar-refractivity contribution in [2.24, 2.45) is 0 Å². The average Bonchev–Trinajstić information content (AvgIpc) is 3.31. The van der Waals surface area contributed by atoms with Crippen molar-refractivity contribution in [3.8, 4) is 11.5 Å². The van der Waals surface area contributed by atoms with Crippen LogP contribution in [0.15, 0.2) is 71.3 Å². The summed E-state index contributed by atoms with van der Waals surface area (Å²) in [7, 11) is 0. The van der Waals surface area contributed by atoms with E-state index in [1.807, 2.05) is 61.5 Å². The van der Waals surface area contributed by atoms with Gasteiger partial charge in [0.25, 0.3) is 0 Å². The quantitative estimate of drug-likeness (QED) is 0.502. The number of aryl methyl sites for hydroxylation is 1. The molecule has 0 unspecified atom stereocenters. The molecule has 0 saturated heterocycles. The van der Waals surface area contributed by atoms with Crippen LogP contribution in [0.25, 0.3) is 11.5 Å². The molecule has 146 valence electrons. The van der Waals surface area contributed by atoms with Crippen LogP contribution in [0.2, 0.25) is 5.02 Å². The molecule has 0 radical (unpaired) electrons. The van der Waals surface area contributed by atoms with Gasteiger partial charge in [0, 0.05) is 16.7 Å². The first kappa shape index (κ1) is 19.0. The minimum absolute atomic E-state index is 0.119. The molecule has 0 fully saturated rings. The van der Waals surface area contributed by atoms with Crippen LogP contribution in [0.3, 0.4) is 0 Å². The fourth-order valence-electron chi connectivity index (χ4n) is 2.96. The number of anilines is 1. The van der Waals surface area contributed by atoms with Crippen molar-refractivity contribution in [2.45, 2.75) is 19.9 Å².